The van der Waals surface area contributed by atoms with Crippen LogP contribution < -0.4 is 5.32 Å². The van der Waals surface area contributed by atoms with Crippen LogP contribution >= 0.6 is 23.2 Å². The zero-order valence-corrected chi connectivity index (χ0v) is 21.3. The maximum Gasteiger partial charge on any atom is 0.416 e. The second-order valence-electron chi connectivity index (χ2n) is 8.54. The Kier molecular flexibility index (Phi) is 8.46. The highest BCUT2D eigenvalue weighted by molar-refractivity contribution is 6.35. The number of hydrogen-bond donors (Lipinski definition) is 2. The Morgan fingerprint density at radius 3 is 2.32 bits per heavy atom. The summed E-state index contributed by atoms with van der Waals surface area (Å²) in [7, 11) is 0. The van der Waals surface area contributed by atoms with Crippen LogP contribution in [-0.4, -0.2) is 58.6 Å². The number of nitrogens with zero attached hydrogens (tertiary/aromatic N) is 6. The Hall–Kier alpha value is -3.32. The number of nitrogens with one attached hydrogen (secondary N) is 1. The number of ketones is 1. The van der Waals surface area contributed by atoms with Crippen LogP contribution in [0.15, 0.2) is 67.8 Å². The summed E-state index contributed by atoms with van der Waals surface area (Å²) >= 11 is 12.5. The first kappa shape index (κ1) is 27.7. The third-order valence-corrected chi connectivity index (χ3v) is 6.51. The molecule has 2 heterocycles. The molecule has 0 fully saturated rings. The quantitative estimate of drug-likeness (QED) is 0.278. The van der Waals surface area contributed by atoms with Gasteiger partial charge >= 0.3 is 6.18 Å². The molecule has 4 aromatic rings. The molecule has 38 heavy (non-hydrogen) atoms. The minimum atomic E-state index is -4.53. The van der Waals surface area contributed by atoms with E-state index in [1.807, 2.05) is 0 Å². The Balaban J connectivity index is 1.62. The fourth-order valence-corrected chi connectivity index (χ4v) is 4.55. The predicted molar refractivity (Wildman–Crippen MR) is 133 cm³/mol. The van der Waals surface area contributed by atoms with E-state index < -0.39 is 41.8 Å². The summed E-state index contributed by atoms with van der Waals surface area (Å²) in [5.41, 5.74) is -0.287. The van der Waals surface area contributed by atoms with Crippen molar-refractivity contribution in [2.24, 2.45) is 0 Å². The van der Waals surface area contributed by atoms with E-state index in [0.29, 0.717) is 15.6 Å². The highest BCUT2D eigenvalue weighted by Gasteiger charge is 2.34. The van der Waals surface area contributed by atoms with Crippen molar-refractivity contribution >= 4 is 29.0 Å². The van der Waals surface area contributed by atoms with Crippen molar-refractivity contribution < 1.29 is 23.1 Å². The van der Waals surface area contributed by atoms with E-state index in [1.165, 1.54) is 40.7 Å². The fourth-order valence-electron chi connectivity index (χ4n) is 4.02. The molecule has 0 saturated carbocycles. The number of halogens is 5. The van der Waals surface area contributed by atoms with E-state index in [1.54, 1.807) is 19.1 Å². The predicted octanol–water partition coefficient (Wildman–Crippen LogP) is 4.08. The average Bonchev–Trinajstić information content (AvgIpc) is 3.59. The molecule has 0 bridgehead atoms. The number of carbonyl (C=O) groups is 1. The van der Waals surface area contributed by atoms with Gasteiger partial charge in [-0.1, -0.05) is 41.4 Å². The molecule has 0 aliphatic carbocycles. The molecule has 0 saturated heterocycles. The van der Waals surface area contributed by atoms with Crippen LogP contribution in [0.5, 0.6) is 0 Å². The number of alkyl halides is 3. The fraction of sp³-hybridized carbons (Fsp3) is 0.292. The van der Waals surface area contributed by atoms with Gasteiger partial charge in [-0.3, -0.25) is 9.48 Å². The number of benzene rings is 2. The van der Waals surface area contributed by atoms with Crippen LogP contribution in [-0.2, 0) is 12.7 Å². The molecule has 200 valence electrons. The molecule has 4 rings (SSSR count). The molecular formula is C24H22Cl2F3N7O2. The van der Waals surface area contributed by atoms with Crippen LogP contribution in [0.25, 0.3) is 0 Å². The molecule has 0 aliphatic heterocycles. The number of aliphatic hydroxyl groups excluding tert-OH is 1. The average molecular weight is 568 g/mol. The summed E-state index contributed by atoms with van der Waals surface area (Å²) in [6.45, 7) is 1.67. The Labute approximate surface area is 225 Å². The normalized spacial score (nSPS) is 15.1. The Morgan fingerprint density at radius 1 is 1.05 bits per heavy atom. The first-order valence-corrected chi connectivity index (χ1v) is 12.1. The van der Waals surface area contributed by atoms with Crippen LogP contribution in [0.3, 0.4) is 0 Å². The smallest absolute Gasteiger partial charge is 0.389 e. The summed E-state index contributed by atoms with van der Waals surface area (Å²) in [6, 6.07) is 6.22. The van der Waals surface area contributed by atoms with Crippen molar-refractivity contribution in [1.82, 2.24) is 34.8 Å². The van der Waals surface area contributed by atoms with Gasteiger partial charge in [-0.15, -0.1) is 0 Å². The second kappa shape index (κ2) is 11.6. The summed E-state index contributed by atoms with van der Waals surface area (Å²) in [5.74, 6) is -0.491. The van der Waals surface area contributed by atoms with Crippen molar-refractivity contribution in [2.75, 3.05) is 0 Å². The van der Waals surface area contributed by atoms with Crippen molar-refractivity contribution in [3.05, 3.63) is 94.5 Å². The number of carbonyl (C=O) groups excluding carboxylic acids is 1. The maximum absolute atomic E-state index is 13.4. The summed E-state index contributed by atoms with van der Waals surface area (Å²) in [4.78, 5) is 21.2. The molecule has 0 radical (unpaired) electrons. The zero-order valence-electron chi connectivity index (χ0n) is 19.8. The largest absolute Gasteiger partial charge is 0.416 e. The van der Waals surface area contributed by atoms with Crippen LogP contribution in [0, 0.1) is 0 Å². The lowest BCUT2D eigenvalue weighted by atomic mass is 9.95. The molecule has 4 unspecified atom stereocenters. The van der Waals surface area contributed by atoms with Gasteiger partial charge in [0.05, 0.1) is 24.3 Å². The van der Waals surface area contributed by atoms with Crippen LogP contribution in [0.4, 0.5) is 13.2 Å². The van der Waals surface area contributed by atoms with E-state index in [9.17, 15) is 23.1 Å². The molecule has 0 aliphatic rings. The highest BCUT2D eigenvalue weighted by Crippen LogP contribution is 2.32. The molecule has 9 nitrogen and oxygen atoms in total. The molecule has 0 spiro atoms. The zero-order chi connectivity index (χ0) is 27.4. The summed E-state index contributed by atoms with van der Waals surface area (Å²) in [5, 5.41) is 23.4. The number of aromatic nitrogens is 6. The summed E-state index contributed by atoms with van der Waals surface area (Å²) in [6.07, 6.45) is -0.288. The van der Waals surface area contributed by atoms with E-state index >= 15 is 0 Å². The van der Waals surface area contributed by atoms with Crippen LogP contribution in [0.1, 0.15) is 34.5 Å². The first-order valence-electron chi connectivity index (χ1n) is 11.3. The topological polar surface area (TPSA) is 111 Å². The van der Waals surface area contributed by atoms with Gasteiger partial charge < -0.3 is 10.4 Å². The molecule has 2 aromatic carbocycles. The van der Waals surface area contributed by atoms with Crippen molar-refractivity contribution in [3.63, 3.8) is 0 Å². The standard InChI is InChI=1S/C24H22Cl2F3N7O2/c1-14(22(37)21(36-13-31-11-33-36)18-7-6-17(25)8-19(18)26)34-20(9-35-12-30-10-32-35)23(38)15-2-4-16(5-3-15)24(27,28)29/h2-8,10-14,20-22,34,37H,9H2,1H3. The molecule has 2 N–H and O–H groups in total. The molecular weight excluding hydrogens is 546 g/mol. The first-order chi connectivity index (χ1) is 18.0. The van der Waals surface area contributed by atoms with Crippen molar-refractivity contribution in [2.45, 2.75) is 43.9 Å². The number of rotatable bonds is 10. The van der Waals surface area contributed by atoms with Gasteiger partial charge in [-0.25, -0.2) is 14.6 Å². The van der Waals surface area contributed by atoms with E-state index in [0.717, 1.165) is 24.3 Å². The lowest BCUT2D eigenvalue weighted by Crippen LogP contribution is -2.51. The summed E-state index contributed by atoms with van der Waals surface area (Å²) < 4.78 is 41.8. The van der Waals surface area contributed by atoms with Gasteiger partial charge in [0.15, 0.2) is 5.78 Å². The molecule has 0 amide bonds. The van der Waals surface area contributed by atoms with E-state index in [4.69, 9.17) is 23.2 Å². The Bertz CT molecular complexity index is 1350. The maximum atomic E-state index is 13.4. The van der Waals surface area contributed by atoms with Gasteiger partial charge in [0.2, 0.25) is 0 Å². The third-order valence-electron chi connectivity index (χ3n) is 5.95. The third kappa shape index (κ3) is 6.38. The van der Waals surface area contributed by atoms with Gasteiger partial charge in [-0.05, 0) is 36.8 Å². The van der Waals surface area contributed by atoms with Gasteiger partial charge in [0, 0.05) is 21.7 Å². The molecule has 14 heteroatoms. The lowest BCUT2D eigenvalue weighted by molar-refractivity contribution is -0.137. The number of Topliss-reactive ketones (excluding diaryl/α,β-unsaturated/α-hetero) is 1. The lowest BCUT2D eigenvalue weighted by Gasteiger charge is -2.31. The monoisotopic (exact) mass is 567 g/mol. The van der Waals surface area contributed by atoms with Crippen molar-refractivity contribution in [3.8, 4) is 0 Å². The SMILES string of the molecule is CC(NC(Cn1cncn1)C(=O)c1ccc(C(F)(F)F)cc1)C(O)C(c1ccc(Cl)cc1Cl)n1cncn1. The van der Waals surface area contributed by atoms with Gasteiger partial charge in [-0.2, -0.15) is 23.4 Å². The van der Waals surface area contributed by atoms with Crippen molar-refractivity contribution in [1.29, 1.82) is 0 Å². The van der Waals surface area contributed by atoms with Gasteiger partial charge in [0.1, 0.15) is 31.4 Å². The Morgan fingerprint density at radius 2 is 1.74 bits per heavy atom. The number of aliphatic hydroxyl groups is 1. The minimum Gasteiger partial charge on any atom is -0.389 e. The van der Waals surface area contributed by atoms with E-state index in [2.05, 4.69) is 25.5 Å². The highest BCUT2D eigenvalue weighted by atomic mass is 35.5. The van der Waals surface area contributed by atoms with E-state index in [-0.39, 0.29) is 12.1 Å². The minimum absolute atomic E-state index is 0.00656. The van der Waals surface area contributed by atoms with Gasteiger partial charge in [0.25, 0.3) is 0 Å². The number of hydrogen-bond acceptors (Lipinski definition) is 7. The molecule has 4 atom stereocenters. The second-order valence-corrected chi connectivity index (χ2v) is 9.39. The molecule has 2 aromatic heterocycles. The van der Waals surface area contributed by atoms with Crippen LogP contribution in [0.2, 0.25) is 10.0 Å².